The summed E-state index contributed by atoms with van der Waals surface area (Å²) >= 11 is 0. The number of nitrogens with zero attached hydrogens (tertiary/aromatic N) is 2. The minimum Gasteiger partial charge on any atom is -0.472 e. The molecule has 0 atom stereocenters. The quantitative estimate of drug-likeness (QED) is 0.484. The maximum Gasteiger partial charge on any atom is 0.282 e. The zero-order valence-corrected chi connectivity index (χ0v) is 10.3. The van der Waals surface area contributed by atoms with Gasteiger partial charge in [-0.1, -0.05) is 0 Å². The Bertz CT molecular complexity index is 702. The first-order valence-corrected chi connectivity index (χ1v) is 6.50. The first kappa shape index (κ1) is 13.0. The summed E-state index contributed by atoms with van der Waals surface area (Å²) in [6.45, 7) is 0. The van der Waals surface area contributed by atoms with Crippen molar-refractivity contribution in [2.45, 2.75) is 4.90 Å². The molecule has 7 nitrogen and oxygen atoms in total. The molecule has 0 bridgehead atoms. The lowest BCUT2D eigenvalue weighted by atomic mass is 10.3. The molecule has 0 saturated heterocycles. The molecule has 8 heteroatoms. The molecule has 0 aliphatic carbocycles. The van der Waals surface area contributed by atoms with Gasteiger partial charge in [-0.05, 0) is 18.2 Å². The molecule has 0 unspecified atom stereocenters. The highest BCUT2D eigenvalue weighted by Crippen LogP contribution is 2.17. The lowest BCUT2D eigenvalue weighted by molar-refractivity contribution is -0.384. The molecule has 1 heterocycles. The van der Waals surface area contributed by atoms with E-state index >= 15 is 0 Å². The summed E-state index contributed by atoms with van der Waals surface area (Å²) in [6.07, 6.45) is 3.87. The largest absolute Gasteiger partial charge is 0.472 e. The van der Waals surface area contributed by atoms with Crippen LogP contribution in [0.3, 0.4) is 0 Å². The van der Waals surface area contributed by atoms with E-state index in [4.69, 9.17) is 4.42 Å². The van der Waals surface area contributed by atoms with Crippen molar-refractivity contribution in [3.8, 4) is 0 Å². The van der Waals surface area contributed by atoms with Crippen LogP contribution in [0.2, 0.25) is 0 Å². The van der Waals surface area contributed by atoms with E-state index < -0.39 is 14.9 Å². The summed E-state index contributed by atoms with van der Waals surface area (Å²) in [6, 6.07) is 6.05. The van der Waals surface area contributed by atoms with Crippen LogP contribution in [0.4, 0.5) is 5.69 Å². The molecular weight excluding hydrogens is 272 g/mol. The normalized spacial score (nSPS) is 11.8. The number of hydrogen-bond acceptors (Lipinski definition) is 5. The molecule has 0 radical (unpaired) electrons. The van der Waals surface area contributed by atoms with Crippen molar-refractivity contribution in [3.63, 3.8) is 0 Å². The van der Waals surface area contributed by atoms with E-state index in [1.807, 2.05) is 0 Å². The number of nitro benzene ring substituents is 1. The van der Waals surface area contributed by atoms with Gasteiger partial charge in [0, 0.05) is 17.7 Å². The topological polar surface area (TPSA) is 103 Å². The predicted molar refractivity (Wildman–Crippen MR) is 66.6 cm³/mol. The van der Waals surface area contributed by atoms with E-state index in [9.17, 15) is 18.5 Å². The SMILES string of the molecule is O=[N+]([O-])c1ccc(S(=O)(=O)/N=C/c2ccoc2)cc1. The average Bonchev–Trinajstić information content (AvgIpc) is 2.90. The summed E-state index contributed by atoms with van der Waals surface area (Å²) in [4.78, 5) is 9.74. The van der Waals surface area contributed by atoms with Crippen LogP contribution in [0.1, 0.15) is 5.56 Å². The fourth-order valence-electron chi connectivity index (χ4n) is 1.28. The van der Waals surface area contributed by atoms with E-state index in [1.54, 1.807) is 6.07 Å². The number of benzene rings is 1. The van der Waals surface area contributed by atoms with Gasteiger partial charge >= 0.3 is 0 Å². The van der Waals surface area contributed by atoms with Crippen molar-refractivity contribution in [2.75, 3.05) is 0 Å². The van der Waals surface area contributed by atoms with Gasteiger partial charge in [-0.15, -0.1) is 0 Å². The van der Waals surface area contributed by atoms with Gasteiger partial charge in [-0.25, -0.2) is 0 Å². The molecule has 0 aliphatic heterocycles. The molecule has 0 fully saturated rings. The molecule has 0 saturated carbocycles. The Morgan fingerprint density at radius 2 is 1.89 bits per heavy atom. The minimum absolute atomic E-state index is 0.113. The van der Waals surface area contributed by atoms with Crippen molar-refractivity contribution in [2.24, 2.45) is 4.40 Å². The van der Waals surface area contributed by atoms with Gasteiger partial charge in [0.1, 0.15) is 0 Å². The Balaban J connectivity index is 2.27. The molecule has 19 heavy (non-hydrogen) atoms. The third kappa shape index (κ3) is 3.05. The molecule has 0 N–H and O–H groups in total. The summed E-state index contributed by atoms with van der Waals surface area (Å²) in [5.41, 5.74) is 0.322. The van der Waals surface area contributed by atoms with Crippen LogP contribution >= 0.6 is 0 Å². The van der Waals surface area contributed by atoms with Crippen molar-refractivity contribution in [1.82, 2.24) is 0 Å². The molecule has 0 amide bonds. The second-order valence-electron chi connectivity index (χ2n) is 3.52. The van der Waals surface area contributed by atoms with Gasteiger partial charge in [-0.2, -0.15) is 12.8 Å². The van der Waals surface area contributed by atoms with E-state index in [0.717, 1.165) is 30.5 Å². The van der Waals surface area contributed by atoms with Crippen molar-refractivity contribution >= 4 is 21.9 Å². The summed E-state index contributed by atoms with van der Waals surface area (Å²) in [7, 11) is -3.87. The summed E-state index contributed by atoms with van der Waals surface area (Å²) in [5.74, 6) is 0. The Hall–Kier alpha value is -2.48. The molecule has 1 aromatic heterocycles. The Labute approximate surface area is 108 Å². The van der Waals surface area contributed by atoms with Gasteiger partial charge in [0.05, 0.1) is 28.6 Å². The fourth-order valence-corrected chi connectivity index (χ4v) is 2.14. The van der Waals surface area contributed by atoms with E-state index in [-0.39, 0.29) is 10.6 Å². The average molecular weight is 280 g/mol. The Morgan fingerprint density at radius 3 is 2.42 bits per heavy atom. The summed E-state index contributed by atoms with van der Waals surface area (Å²) in [5, 5.41) is 10.5. The second-order valence-corrected chi connectivity index (χ2v) is 5.15. The standard InChI is InChI=1S/C11H8N2O5S/c14-13(15)10-1-3-11(4-2-10)19(16,17)12-7-9-5-6-18-8-9/h1-8H/b12-7+. The van der Waals surface area contributed by atoms with Crippen molar-refractivity contribution in [1.29, 1.82) is 0 Å². The van der Waals surface area contributed by atoms with Crippen molar-refractivity contribution in [3.05, 3.63) is 58.5 Å². The van der Waals surface area contributed by atoms with Gasteiger partial charge in [-0.3, -0.25) is 10.1 Å². The van der Waals surface area contributed by atoms with Gasteiger partial charge < -0.3 is 4.42 Å². The number of hydrogen-bond donors (Lipinski definition) is 0. The number of rotatable bonds is 4. The van der Waals surface area contributed by atoms with Crippen LogP contribution in [0.5, 0.6) is 0 Å². The molecular formula is C11H8N2O5S. The molecule has 2 aromatic rings. The molecule has 2 rings (SSSR count). The third-order valence-corrected chi connectivity index (χ3v) is 3.48. The van der Waals surface area contributed by atoms with E-state index in [0.29, 0.717) is 5.56 Å². The number of sulfonamides is 1. The lowest BCUT2D eigenvalue weighted by Gasteiger charge is -1.97. The molecule has 0 spiro atoms. The van der Waals surface area contributed by atoms with Gasteiger partial charge in [0.2, 0.25) is 0 Å². The predicted octanol–water partition coefficient (Wildman–Crippen LogP) is 2.00. The van der Waals surface area contributed by atoms with Crippen LogP contribution in [-0.4, -0.2) is 19.6 Å². The monoisotopic (exact) mass is 280 g/mol. The summed E-state index contributed by atoms with van der Waals surface area (Å²) < 4.78 is 31.8. The zero-order valence-electron chi connectivity index (χ0n) is 9.46. The number of nitro groups is 1. The first-order valence-electron chi connectivity index (χ1n) is 5.06. The number of furan rings is 1. The zero-order chi connectivity index (χ0) is 13.9. The Kier molecular flexibility index (Phi) is 3.43. The molecule has 98 valence electrons. The maximum absolute atomic E-state index is 11.8. The van der Waals surface area contributed by atoms with Crippen LogP contribution < -0.4 is 0 Å². The van der Waals surface area contributed by atoms with Crippen molar-refractivity contribution < 1.29 is 17.8 Å². The van der Waals surface area contributed by atoms with Crippen LogP contribution in [-0.2, 0) is 10.0 Å². The minimum atomic E-state index is -3.87. The van der Waals surface area contributed by atoms with Crippen LogP contribution in [0.25, 0.3) is 0 Å². The van der Waals surface area contributed by atoms with E-state index in [2.05, 4.69) is 4.40 Å². The van der Waals surface area contributed by atoms with E-state index in [1.165, 1.54) is 12.5 Å². The highest BCUT2D eigenvalue weighted by atomic mass is 32.2. The maximum atomic E-state index is 11.8. The van der Waals surface area contributed by atoms with Crippen LogP contribution in [0, 0.1) is 10.1 Å². The second kappa shape index (κ2) is 5.02. The van der Waals surface area contributed by atoms with Crippen LogP contribution in [0.15, 0.2) is 56.6 Å². The van der Waals surface area contributed by atoms with Gasteiger partial charge in [0.15, 0.2) is 0 Å². The lowest BCUT2D eigenvalue weighted by Crippen LogP contribution is -1.98. The smallest absolute Gasteiger partial charge is 0.282 e. The highest BCUT2D eigenvalue weighted by molar-refractivity contribution is 7.90. The third-order valence-electron chi connectivity index (χ3n) is 2.23. The number of non-ortho nitro benzene ring substituents is 1. The first-order chi connectivity index (χ1) is 8.99. The molecule has 0 aliphatic rings. The Morgan fingerprint density at radius 1 is 1.21 bits per heavy atom. The van der Waals surface area contributed by atoms with Gasteiger partial charge in [0.25, 0.3) is 15.7 Å². The highest BCUT2D eigenvalue weighted by Gasteiger charge is 2.14. The fraction of sp³-hybridized carbons (Fsp3) is 0. The molecule has 1 aromatic carbocycles.